The van der Waals surface area contributed by atoms with E-state index in [1.165, 1.54) is 24.3 Å². The van der Waals surface area contributed by atoms with Crippen molar-refractivity contribution in [2.75, 3.05) is 11.1 Å². The minimum Gasteiger partial charge on any atom is -0.360 e. The number of amides is 1. The number of aryl methyl sites for hydroxylation is 1. The molecule has 112 valence electrons. The molecule has 1 N–H and O–H groups in total. The number of hydrogen-bond acceptors (Lipinski definition) is 4. The molecule has 0 unspecified atom stereocenters. The lowest BCUT2D eigenvalue weighted by Crippen LogP contribution is -2.15. The molecule has 5 nitrogen and oxygen atoms in total. The zero-order valence-electron chi connectivity index (χ0n) is 11.5. The Balaban J connectivity index is 1.75. The van der Waals surface area contributed by atoms with Gasteiger partial charge in [0, 0.05) is 34.7 Å². The van der Waals surface area contributed by atoms with Crippen LogP contribution in [0.15, 0.2) is 34.9 Å². The molecular weight excluding hydrogens is 295 g/mol. The van der Waals surface area contributed by atoms with E-state index in [0.29, 0.717) is 11.4 Å². The number of carbonyl (C=O) groups excluding carboxylic acids is 1. The second kappa shape index (κ2) is 7.12. The third-order valence-corrected chi connectivity index (χ3v) is 3.93. The van der Waals surface area contributed by atoms with Crippen molar-refractivity contribution in [1.29, 1.82) is 0 Å². The van der Waals surface area contributed by atoms with Gasteiger partial charge in [0.15, 0.2) is 0 Å². The Morgan fingerprint density at radius 2 is 2.10 bits per heavy atom. The van der Waals surface area contributed by atoms with E-state index in [0.717, 1.165) is 5.69 Å². The zero-order valence-corrected chi connectivity index (χ0v) is 12.3. The summed E-state index contributed by atoms with van der Waals surface area (Å²) in [5.74, 6) is 0.391. The molecule has 0 aliphatic heterocycles. The average Bonchev–Trinajstić information content (AvgIpc) is 2.84. The molecular formula is C14H15FN2O3S. The van der Waals surface area contributed by atoms with Crippen LogP contribution < -0.4 is 5.32 Å². The smallest absolute Gasteiger partial charge is 0.225 e. The topological polar surface area (TPSA) is 72.2 Å². The first-order valence-electron chi connectivity index (χ1n) is 6.35. The second-order valence-corrected chi connectivity index (χ2v) is 6.10. The van der Waals surface area contributed by atoms with E-state index in [4.69, 9.17) is 4.52 Å². The molecule has 0 saturated carbocycles. The molecule has 0 bridgehead atoms. The number of anilines is 1. The highest BCUT2D eigenvalue weighted by molar-refractivity contribution is 7.84. The lowest BCUT2D eigenvalue weighted by Gasteiger charge is -2.04. The van der Waals surface area contributed by atoms with Gasteiger partial charge in [-0.15, -0.1) is 0 Å². The number of aromatic nitrogens is 1. The molecule has 2 rings (SSSR count). The van der Waals surface area contributed by atoms with Gasteiger partial charge in [-0.2, -0.15) is 0 Å². The summed E-state index contributed by atoms with van der Waals surface area (Å²) in [5.41, 5.74) is 1.24. The van der Waals surface area contributed by atoms with Crippen molar-refractivity contribution in [3.05, 3.63) is 47.6 Å². The van der Waals surface area contributed by atoms with Crippen LogP contribution in [0, 0.1) is 12.7 Å². The van der Waals surface area contributed by atoms with Crippen molar-refractivity contribution in [3.63, 3.8) is 0 Å². The van der Waals surface area contributed by atoms with Gasteiger partial charge in [-0.3, -0.25) is 9.00 Å². The maximum Gasteiger partial charge on any atom is 0.225 e. The summed E-state index contributed by atoms with van der Waals surface area (Å²) in [5, 5.41) is 6.33. The number of nitrogens with zero attached hydrogens (tertiary/aromatic N) is 1. The van der Waals surface area contributed by atoms with Gasteiger partial charge >= 0.3 is 0 Å². The molecule has 0 radical (unpaired) electrons. The van der Waals surface area contributed by atoms with E-state index in [1.807, 2.05) is 0 Å². The van der Waals surface area contributed by atoms with Crippen LogP contribution in [0.5, 0.6) is 0 Å². The van der Waals surface area contributed by atoms with Crippen LogP contribution in [-0.2, 0) is 21.3 Å². The van der Waals surface area contributed by atoms with Crippen molar-refractivity contribution >= 4 is 22.4 Å². The molecule has 0 aliphatic carbocycles. The largest absolute Gasteiger partial charge is 0.360 e. The van der Waals surface area contributed by atoms with Gasteiger partial charge in [-0.05, 0) is 31.2 Å². The van der Waals surface area contributed by atoms with Crippen molar-refractivity contribution in [2.45, 2.75) is 19.1 Å². The summed E-state index contributed by atoms with van der Waals surface area (Å²) in [7, 11) is -1.19. The molecule has 1 aromatic heterocycles. The molecule has 0 fully saturated rings. The van der Waals surface area contributed by atoms with Gasteiger partial charge in [0.05, 0.1) is 11.4 Å². The number of nitrogens with one attached hydrogen (secondary N) is 1. The lowest BCUT2D eigenvalue weighted by molar-refractivity contribution is -0.115. The molecule has 2 aromatic rings. The van der Waals surface area contributed by atoms with Crippen LogP contribution in [0.4, 0.5) is 10.1 Å². The molecule has 0 spiro atoms. The summed E-state index contributed by atoms with van der Waals surface area (Å²) in [6, 6.07) is 7.19. The zero-order chi connectivity index (χ0) is 15.2. The number of halogens is 1. The van der Waals surface area contributed by atoms with Gasteiger partial charge in [0.1, 0.15) is 11.6 Å². The first-order valence-corrected chi connectivity index (χ1v) is 7.84. The van der Waals surface area contributed by atoms with Crippen LogP contribution in [0.1, 0.15) is 17.9 Å². The van der Waals surface area contributed by atoms with Crippen LogP contribution in [0.3, 0.4) is 0 Å². The van der Waals surface area contributed by atoms with Gasteiger partial charge in [0.2, 0.25) is 5.91 Å². The highest BCUT2D eigenvalue weighted by Gasteiger charge is 2.10. The lowest BCUT2D eigenvalue weighted by atomic mass is 10.3. The second-order valence-electron chi connectivity index (χ2n) is 4.53. The molecule has 0 saturated heterocycles. The van der Waals surface area contributed by atoms with Gasteiger partial charge in [-0.1, -0.05) is 5.16 Å². The van der Waals surface area contributed by atoms with Crippen LogP contribution >= 0.6 is 0 Å². The highest BCUT2D eigenvalue weighted by Crippen LogP contribution is 2.09. The normalized spacial score (nSPS) is 12.1. The molecule has 0 aliphatic rings. The number of benzene rings is 1. The first-order chi connectivity index (χ1) is 10.0. The van der Waals surface area contributed by atoms with Gasteiger partial charge < -0.3 is 9.84 Å². The Hall–Kier alpha value is -2.02. The van der Waals surface area contributed by atoms with E-state index >= 15 is 0 Å². The van der Waals surface area contributed by atoms with Crippen molar-refractivity contribution in [1.82, 2.24) is 5.16 Å². The minimum atomic E-state index is -1.19. The maximum absolute atomic E-state index is 12.7. The molecule has 1 atom stereocenters. The predicted octanol–water partition coefficient (Wildman–Crippen LogP) is 2.40. The number of hydrogen-bond donors (Lipinski definition) is 1. The van der Waals surface area contributed by atoms with E-state index in [2.05, 4.69) is 10.5 Å². The maximum atomic E-state index is 12.7. The number of carbonyl (C=O) groups is 1. The standard InChI is InChI=1S/C14H15FN2O3S/c1-10-8-13(20-17-10)9-21(19)7-6-14(18)16-12-4-2-11(15)3-5-12/h2-5,8H,6-7,9H2,1H3,(H,16,18)/t21-/m1/s1. The van der Waals surface area contributed by atoms with Crippen LogP contribution in [0.25, 0.3) is 0 Å². The molecule has 1 heterocycles. The van der Waals surface area contributed by atoms with Gasteiger partial charge in [0.25, 0.3) is 0 Å². The Kier molecular flexibility index (Phi) is 5.21. The van der Waals surface area contributed by atoms with Gasteiger partial charge in [-0.25, -0.2) is 4.39 Å². The van der Waals surface area contributed by atoms with E-state index in [1.54, 1.807) is 13.0 Å². The number of rotatable bonds is 6. The fraction of sp³-hybridized carbons (Fsp3) is 0.286. The third-order valence-electron chi connectivity index (χ3n) is 2.66. The summed E-state index contributed by atoms with van der Waals surface area (Å²) in [4.78, 5) is 11.7. The molecule has 1 amide bonds. The van der Waals surface area contributed by atoms with Crippen molar-refractivity contribution in [3.8, 4) is 0 Å². The first kappa shape index (κ1) is 15.4. The van der Waals surface area contributed by atoms with E-state index < -0.39 is 10.8 Å². The third kappa shape index (κ3) is 5.11. The van der Waals surface area contributed by atoms with E-state index in [9.17, 15) is 13.4 Å². The Bertz CT molecular complexity index is 640. The monoisotopic (exact) mass is 310 g/mol. The Morgan fingerprint density at radius 1 is 1.38 bits per heavy atom. The van der Waals surface area contributed by atoms with Crippen molar-refractivity contribution < 1.29 is 17.9 Å². The fourth-order valence-electron chi connectivity index (χ4n) is 1.68. The molecule has 21 heavy (non-hydrogen) atoms. The average molecular weight is 310 g/mol. The summed E-state index contributed by atoms with van der Waals surface area (Å²) >= 11 is 0. The Labute approximate surface area is 124 Å². The van der Waals surface area contributed by atoms with Crippen LogP contribution in [-0.4, -0.2) is 21.0 Å². The Morgan fingerprint density at radius 3 is 2.71 bits per heavy atom. The highest BCUT2D eigenvalue weighted by atomic mass is 32.2. The molecule has 7 heteroatoms. The minimum absolute atomic E-state index is 0.122. The van der Waals surface area contributed by atoms with E-state index in [-0.39, 0.29) is 29.7 Å². The SMILES string of the molecule is Cc1cc(C[S@](=O)CCC(=O)Nc2ccc(F)cc2)on1. The van der Waals surface area contributed by atoms with Crippen molar-refractivity contribution in [2.24, 2.45) is 0 Å². The molecule has 1 aromatic carbocycles. The predicted molar refractivity (Wildman–Crippen MR) is 77.6 cm³/mol. The summed E-state index contributed by atoms with van der Waals surface area (Å²) in [6.45, 7) is 1.78. The fourth-order valence-corrected chi connectivity index (χ4v) is 2.69. The summed E-state index contributed by atoms with van der Waals surface area (Å²) in [6.07, 6.45) is 0.122. The summed E-state index contributed by atoms with van der Waals surface area (Å²) < 4.78 is 29.5. The van der Waals surface area contributed by atoms with Crippen LogP contribution in [0.2, 0.25) is 0 Å². The quantitative estimate of drug-likeness (QED) is 0.889.